The number of aliphatic hydroxyl groups is 1. The molecule has 0 spiro atoms. The first kappa shape index (κ1) is 37.6. The van der Waals surface area contributed by atoms with E-state index < -0.39 is 28.0 Å². The molecular formula is C32H59NO5S. The van der Waals surface area contributed by atoms with Crippen LogP contribution in [0.15, 0.2) is 36.5 Å². The van der Waals surface area contributed by atoms with Gasteiger partial charge >= 0.3 is 0 Å². The van der Waals surface area contributed by atoms with Crippen LogP contribution in [0.2, 0.25) is 0 Å². The third-order valence-corrected chi connectivity index (χ3v) is 7.59. The van der Waals surface area contributed by atoms with Gasteiger partial charge in [-0.05, 0) is 51.4 Å². The lowest BCUT2D eigenvalue weighted by Gasteiger charge is -2.21. The average molecular weight is 570 g/mol. The molecule has 2 unspecified atom stereocenters. The van der Waals surface area contributed by atoms with Crippen molar-refractivity contribution in [3.63, 3.8) is 0 Å². The minimum atomic E-state index is -4.33. The van der Waals surface area contributed by atoms with Crippen LogP contribution in [-0.4, -0.2) is 41.9 Å². The zero-order valence-electron chi connectivity index (χ0n) is 25.0. The highest BCUT2D eigenvalue weighted by atomic mass is 32.2. The number of carbonyl (C=O) groups excluding carboxylic acids is 1. The third kappa shape index (κ3) is 27.9. The van der Waals surface area contributed by atoms with E-state index in [9.17, 15) is 22.9 Å². The Morgan fingerprint density at radius 2 is 1.15 bits per heavy atom. The number of amides is 1. The van der Waals surface area contributed by atoms with Crippen molar-refractivity contribution in [2.45, 2.75) is 154 Å². The van der Waals surface area contributed by atoms with Gasteiger partial charge in [0.25, 0.3) is 10.1 Å². The molecule has 0 aliphatic heterocycles. The van der Waals surface area contributed by atoms with Crippen molar-refractivity contribution < 1.29 is 22.9 Å². The minimum Gasteiger partial charge on any atom is -0.387 e. The zero-order chi connectivity index (χ0) is 29.0. The summed E-state index contributed by atoms with van der Waals surface area (Å²) in [5.41, 5.74) is 0. The Balaban J connectivity index is 4.06. The summed E-state index contributed by atoms with van der Waals surface area (Å²) in [7, 11) is -4.33. The minimum absolute atomic E-state index is 0.279. The fourth-order valence-corrected chi connectivity index (χ4v) is 5.15. The van der Waals surface area contributed by atoms with Crippen LogP contribution in [-0.2, 0) is 14.9 Å². The molecule has 0 aliphatic carbocycles. The molecule has 0 fully saturated rings. The summed E-state index contributed by atoms with van der Waals surface area (Å²) >= 11 is 0. The van der Waals surface area contributed by atoms with Gasteiger partial charge < -0.3 is 10.4 Å². The molecule has 0 rings (SSSR count). The molecule has 6 nitrogen and oxygen atoms in total. The van der Waals surface area contributed by atoms with Gasteiger partial charge in [0.1, 0.15) is 0 Å². The topological polar surface area (TPSA) is 104 Å². The van der Waals surface area contributed by atoms with E-state index >= 15 is 0 Å². The molecule has 1 amide bonds. The highest BCUT2D eigenvalue weighted by molar-refractivity contribution is 7.85. The van der Waals surface area contributed by atoms with Crippen molar-refractivity contribution >= 4 is 16.0 Å². The lowest BCUT2D eigenvalue weighted by molar-refractivity contribution is -0.122. The van der Waals surface area contributed by atoms with Crippen molar-refractivity contribution in [3.8, 4) is 0 Å². The Labute approximate surface area is 240 Å². The number of carbonyl (C=O) groups is 1. The Morgan fingerprint density at radius 1 is 0.692 bits per heavy atom. The van der Waals surface area contributed by atoms with Crippen LogP contribution >= 0.6 is 0 Å². The second kappa shape index (κ2) is 26.8. The summed E-state index contributed by atoms with van der Waals surface area (Å²) in [6.07, 6.45) is 32.8. The number of rotatable bonds is 27. The number of nitrogens with one attached hydrogen (secondary N) is 1. The Kier molecular flexibility index (Phi) is 25.8. The molecule has 0 aromatic carbocycles. The predicted octanol–water partition coefficient (Wildman–Crippen LogP) is 8.23. The molecule has 3 N–H and O–H groups in total. The van der Waals surface area contributed by atoms with E-state index in [1.54, 1.807) is 0 Å². The van der Waals surface area contributed by atoms with Crippen LogP contribution in [0.25, 0.3) is 0 Å². The van der Waals surface area contributed by atoms with Gasteiger partial charge in [-0.15, -0.1) is 0 Å². The molecule has 0 saturated heterocycles. The molecule has 7 heteroatoms. The second-order valence-electron chi connectivity index (χ2n) is 10.7. The second-order valence-corrected chi connectivity index (χ2v) is 12.2. The normalized spacial score (nSPS) is 14.1. The maximum absolute atomic E-state index is 12.4. The highest BCUT2D eigenvalue weighted by Gasteiger charge is 2.24. The molecule has 0 aliphatic rings. The fourth-order valence-electron chi connectivity index (χ4n) is 4.42. The van der Waals surface area contributed by atoms with Gasteiger partial charge in [0.2, 0.25) is 5.91 Å². The van der Waals surface area contributed by atoms with Crippen LogP contribution in [0.5, 0.6) is 0 Å². The summed E-state index contributed by atoms with van der Waals surface area (Å²) in [5, 5.41) is 13.0. The molecule has 0 aromatic heterocycles. The maximum atomic E-state index is 12.4. The van der Waals surface area contributed by atoms with Crippen LogP contribution in [0.3, 0.4) is 0 Å². The predicted molar refractivity (Wildman–Crippen MR) is 165 cm³/mol. The molecule has 0 heterocycles. The first-order chi connectivity index (χ1) is 18.8. The third-order valence-electron chi connectivity index (χ3n) is 6.81. The smallest absolute Gasteiger partial charge is 0.267 e. The summed E-state index contributed by atoms with van der Waals surface area (Å²) in [4.78, 5) is 12.4. The van der Waals surface area contributed by atoms with Crippen molar-refractivity contribution in [2.75, 3.05) is 5.75 Å². The van der Waals surface area contributed by atoms with Crippen LogP contribution in [0, 0.1) is 0 Å². The number of unbranched alkanes of at least 4 members (excludes halogenated alkanes) is 15. The van der Waals surface area contributed by atoms with E-state index in [-0.39, 0.29) is 12.3 Å². The monoisotopic (exact) mass is 569 g/mol. The molecule has 0 radical (unpaired) electrons. The van der Waals surface area contributed by atoms with Crippen LogP contribution in [0.4, 0.5) is 0 Å². The van der Waals surface area contributed by atoms with Crippen molar-refractivity contribution in [1.82, 2.24) is 5.32 Å². The summed E-state index contributed by atoms with van der Waals surface area (Å²) < 4.78 is 32.1. The maximum Gasteiger partial charge on any atom is 0.267 e. The van der Waals surface area contributed by atoms with Gasteiger partial charge in [0, 0.05) is 6.42 Å². The van der Waals surface area contributed by atoms with Crippen molar-refractivity contribution in [1.29, 1.82) is 0 Å². The van der Waals surface area contributed by atoms with E-state index in [2.05, 4.69) is 43.5 Å². The largest absolute Gasteiger partial charge is 0.387 e. The van der Waals surface area contributed by atoms with E-state index in [0.29, 0.717) is 6.42 Å². The Bertz CT molecular complexity index is 761. The summed E-state index contributed by atoms with van der Waals surface area (Å²) in [5.74, 6) is -1.00. The lowest BCUT2D eigenvalue weighted by atomic mass is 10.1. The molecule has 0 saturated carbocycles. The lowest BCUT2D eigenvalue weighted by Crippen LogP contribution is -2.46. The molecule has 0 aromatic rings. The van der Waals surface area contributed by atoms with E-state index in [4.69, 9.17) is 0 Å². The Morgan fingerprint density at radius 3 is 1.69 bits per heavy atom. The standard InChI is InChI=1S/C32H59NO5S/c1-3-5-7-9-11-13-14-15-16-17-18-19-20-22-24-26-28-32(35)33-30(29-39(36,37)38)31(34)27-25-23-21-12-10-8-6-4-2/h13-14,16-17,25,27,30-31,34H,3-12,15,18-24,26,28-29H2,1-2H3,(H,33,35)(H,36,37,38)/b14-13-,17-16-,27-25+. The van der Waals surface area contributed by atoms with Crippen molar-refractivity contribution in [3.05, 3.63) is 36.5 Å². The van der Waals surface area contributed by atoms with Crippen LogP contribution < -0.4 is 5.32 Å². The number of hydrogen-bond acceptors (Lipinski definition) is 4. The van der Waals surface area contributed by atoms with Gasteiger partial charge in [-0.3, -0.25) is 9.35 Å². The number of allylic oxidation sites excluding steroid dienone is 5. The quantitative estimate of drug-likeness (QED) is 0.0525. The van der Waals surface area contributed by atoms with Crippen LogP contribution in [0.1, 0.15) is 142 Å². The van der Waals surface area contributed by atoms with Gasteiger partial charge in [-0.25, -0.2) is 0 Å². The van der Waals surface area contributed by atoms with Gasteiger partial charge in [-0.1, -0.05) is 121 Å². The van der Waals surface area contributed by atoms with E-state index in [0.717, 1.165) is 57.8 Å². The Hall–Kier alpha value is -1.44. The first-order valence-electron chi connectivity index (χ1n) is 15.7. The summed E-state index contributed by atoms with van der Waals surface area (Å²) in [6, 6.07) is -1.06. The SMILES string of the molecule is CCCCCC/C=C\C/C=C\CCCCCCCC(=O)NC(CS(=O)(=O)O)C(O)/C=C/CCCCCCCC. The molecule has 2 atom stereocenters. The summed E-state index contributed by atoms with van der Waals surface area (Å²) in [6.45, 7) is 4.42. The zero-order valence-corrected chi connectivity index (χ0v) is 25.8. The van der Waals surface area contributed by atoms with E-state index in [1.165, 1.54) is 63.9 Å². The molecule has 39 heavy (non-hydrogen) atoms. The number of hydrogen-bond donors (Lipinski definition) is 3. The van der Waals surface area contributed by atoms with Gasteiger partial charge in [0.05, 0.1) is 17.9 Å². The van der Waals surface area contributed by atoms with Gasteiger partial charge in [0.15, 0.2) is 0 Å². The highest BCUT2D eigenvalue weighted by Crippen LogP contribution is 2.11. The van der Waals surface area contributed by atoms with E-state index in [1.807, 2.05) is 6.08 Å². The number of aliphatic hydroxyl groups excluding tert-OH is 1. The molecular weight excluding hydrogens is 510 g/mol. The van der Waals surface area contributed by atoms with Crippen molar-refractivity contribution in [2.24, 2.45) is 0 Å². The average Bonchev–Trinajstić information content (AvgIpc) is 2.88. The molecule has 0 bridgehead atoms. The molecule has 228 valence electrons. The first-order valence-corrected chi connectivity index (χ1v) is 17.3. The fraction of sp³-hybridized carbons (Fsp3) is 0.781. The van der Waals surface area contributed by atoms with Gasteiger partial charge in [-0.2, -0.15) is 8.42 Å².